The third-order valence-electron chi connectivity index (χ3n) is 4.88. The summed E-state index contributed by atoms with van der Waals surface area (Å²) < 4.78 is 16.0. The maximum atomic E-state index is 12.7. The largest absolute Gasteiger partial charge is 0.493 e. The van der Waals surface area contributed by atoms with Gasteiger partial charge in [-0.15, -0.1) is 0 Å². The average Bonchev–Trinajstić information content (AvgIpc) is 3.09. The topological polar surface area (TPSA) is 111 Å². The van der Waals surface area contributed by atoms with E-state index in [9.17, 15) is 19.2 Å². The minimum atomic E-state index is -0.637. The van der Waals surface area contributed by atoms with Gasteiger partial charge in [0.25, 0.3) is 17.1 Å². The molecule has 0 aromatic heterocycles. The van der Waals surface area contributed by atoms with Crippen LogP contribution in [0.5, 0.6) is 11.5 Å². The van der Waals surface area contributed by atoms with E-state index in [1.807, 2.05) is 39.0 Å². The van der Waals surface area contributed by atoms with Crippen molar-refractivity contribution >= 4 is 46.5 Å². The molecule has 0 bridgehead atoms. The third-order valence-corrected chi connectivity index (χ3v) is 5.79. The van der Waals surface area contributed by atoms with Gasteiger partial charge in [0.2, 0.25) is 0 Å². The van der Waals surface area contributed by atoms with Gasteiger partial charge in [-0.2, -0.15) is 0 Å². The predicted octanol–water partition coefficient (Wildman–Crippen LogP) is 4.26. The van der Waals surface area contributed by atoms with Crippen molar-refractivity contribution in [3.8, 4) is 11.5 Å². The summed E-state index contributed by atoms with van der Waals surface area (Å²) in [6.07, 6.45) is 1.53. The third kappa shape index (κ3) is 7.35. The summed E-state index contributed by atoms with van der Waals surface area (Å²) in [4.78, 5) is 50.2. The van der Waals surface area contributed by atoms with Crippen molar-refractivity contribution in [1.29, 1.82) is 0 Å². The average molecular weight is 513 g/mol. The zero-order valence-corrected chi connectivity index (χ0v) is 21.3. The maximum absolute atomic E-state index is 12.7. The second kappa shape index (κ2) is 12.3. The fourth-order valence-corrected chi connectivity index (χ4v) is 4.02. The molecule has 1 fully saturated rings. The van der Waals surface area contributed by atoms with E-state index in [-0.39, 0.29) is 29.9 Å². The molecule has 1 aliphatic rings. The van der Waals surface area contributed by atoms with Crippen LogP contribution in [0.2, 0.25) is 0 Å². The molecule has 1 saturated heterocycles. The normalized spacial score (nSPS) is 14.4. The predicted molar refractivity (Wildman–Crippen MR) is 137 cm³/mol. The van der Waals surface area contributed by atoms with Crippen molar-refractivity contribution < 1.29 is 33.4 Å². The number of amides is 3. The summed E-state index contributed by atoms with van der Waals surface area (Å²) in [7, 11) is 1.45. The smallest absolute Gasteiger partial charge is 0.326 e. The van der Waals surface area contributed by atoms with Crippen LogP contribution in [0.15, 0.2) is 47.4 Å². The Labute approximate surface area is 213 Å². The number of esters is 1. The van der Waals surface area contributed by atoms with Crippen LogP contribution in [0.4, 0.5) is 10.5 Å². The molecule has 1 heterocycles. The molecule has 3 amide bonds. The Morgan fingerprint density at radius 3 is 2.58 bits per heavy atom. The molecule has 0 unspecified atom stereocenters. The lowest BCUT2D eigenvalue weighted by molar-refractivity contribution is -0.147. The molecule has 190 valence electrons. The van der Waals surface area contributed by atoms with Crippen LogP contribution in [0.25, 0.3) is 6.08 Å². The summed E-state index contributed by atoms with van der Waals surface area (Å²) in [6.45, 7) is 5.26. The fraction of sp³-hybridized carbons (Fsp3) is 0.308. The van der Waals surface area contributed by atoms with Crippen LogP contribution in [0, 0.1) is 12.8 Å². The number of anilines is 1. The number of hydrogen-bond donors (Lipinski definition) is 1. The Morgan fingerprint density at radius 1 is 1.11 bits per heavy atom. The highest BCUT2D eigenvalue weighted by atomic mass is 32.2. The highest BCUT2D eigenvalue weighted by Gasteiger charge is 2.36. The van der Waals surface area contributed by atoms with Gasteiger partial charge >= 0.3 is 5.97 Å². The number of benzene rings is 2. The van der Waals surface area contributed by atoms with Crippen LogP contribution in [-0.2, 0) is 19.1 Å². The maximum Gasteiger partial charge on any atom is 0.326 e. The van der Waals surface area contributed by atoms with Gasteiger partial charge in [-0.05, 0) is 66.1 Å². The zero-order valence-electron chi connectivity index (χ0n) is 20.5. The summed E-state index contributed by atoms with van der Waals surface area (Å²) in [5.41, 5.74) is 2.28. The van der Waals surface area contributed by atoms with Gasteiger partial charge in [0.15, 0.2) is 18.1 Å². The molecule has 10 heteroatoms. The number of rotatable bonds is 10. The summed E-state index contributed by atoms with van der Waals surface area (Å²) in [5, 5.41) is 2.22. The van der Waals surface area contributed by atoms with Crippen molar-refractivity contribution in [1.82, 2.24) is 4.90 Å². The van der Waals surface area contributed by atoms with E-state index in [1.165, 1.54) is 13.2 Å². The Balaban J connectivity index is 1.63. The first kappa shape index (κ1) is 26.8. The molecule has 36 heavy (non-hydrogen) atoms. The van der Waals surface area contributed by atoms with Crippen molar-refractivity contribution in [2.45, 2.75) is 20.8 Å². The number of carbonyl (C=O) groups is 4. The molecular formula is C26H28N2O7S. The second-order valence-electron chi connectivity index (χ2n) is 8.46. The number of nitrogens with zero attached hydrogens (tertiary/aromatic N) is 1. The van der Waals surface area contributed by atoms with Crippen molar-refractivity contribution in [3.05, 3.63) is 58.5 Å². The first-order chi connectivity index (χ1) is 17.2. The Kier molecular flexibility index (Phi) is 9.13. The van der Waals surface area contributed by atoms with Gasteiger partial charge in [0.05, 0.1) is 18.6 Å². The van der Waals surface area contributed by atoms with E-state index >= 15 is 0 Å². The summed E-state index contributed by atoms with van der Waals surface area (Å²) in [5.74, 6) is -0.695. The number of aryl methyl sites for hydroxylation is 1. The van der Waals surface area contributed by atoms with E-state index in [2.05, 4.69) is 5.32 Å². The van der Waals surface area contributed by atoms with Gasteiger partial charge in [-0.3, -0.25) is 24.1 Å². The lowest BCUT2D eigenvalue weighted by Crippen LogP contribution is -2.34. The van der Waals surface area contributed by atoms with Crippen LogP contribution in [-0.4, -0.2) is 54.8 Å². The Bertz CT molecular complexity index is 1190. The number of ether oxygens (including phenoxy) is 3. The minimum Gasteiger partial charge on any atom is -0.493 e. The zero-order chi connectivity index (χ0) is 26.2. The molecule has 0 radical (unpaired) electrons. The molecular weight excluding hydrogens is 484 g/mol. The number of thioether (sulfide) groups is 1. The van der Waals surface area contributed by atoms with Crippen molar-refractivity contribution in [2.75, 3.05) is 32.2 Å². The van der Waals surface area contributed by atoms with Crippen LogP contribution in [0.3, 0.4) is 0 Å². The molecule has 3 rings (SSSR count). The second-order valence-corrected chi connectivity index (χ2v) is 9.45. The molecule has 9 nitrogen and oxygen atoms in total. The van der Waals surface area contributed by atoms with Gasteiger partial charge in [-0.25, -0.2) is 0 Å². The van der Waals surface area contributed by atoms with Crippen LogP contribution >= 0.6 is 11.8 Å². The lowest BCUT2D eigenvalue weighted by atomic mass is 10.2. The molecule has 2 aromatic carbocycles. The van der Waals surface area contributed by atoms with Crippen molar-refractivity contribution in [3.63, 3.8) is 0 Å². The number of methoxy groups -OCH3 is 1. The summed E-state index contributed by atoms with van der Waals surface area (Å²) in [6, 6.07) is 12.3. The van der Waals surface area contributed by atoms with Gasteiger partial charge in [0, 0.05) is 5.69 Å². The van der Waals surface area contributed by atoms with E-state index in [0.29, 0.717) is 22.7 Å². The SMILES string of the molecule is COc1cc(/C=C2/SC(=O)N(CC(=O)OCC(C)C)C2=O)ccc1OCC(=O)Nc1cccc(C)c1. The highest BCUT2D eigenvalue weighted by molar-refractivity contribution is 8.18. The number of hydrogen-bond acceptors (Lipinski definition) is 8. The van der Waals surface area contributed by atoms with E-state index in [0.717, 1.165) is 22.2 Å². The number of nitrogens with one attached hydrogen (secondary N) is 1. The molecule has 0 saturated carbocycles. The van der Waals surface area contributed by atoms with Crippen LogP contribution in [0.1, 0.15) is 25.0 Å². The number of carbonyl (C=O) groups excluding carboxylic acids is 4. The Hall–Kier alpha value is -3.79. The lowest BCUT2D eigenvalue weighted by Gasteiger charge is -2.13. The minimum absolute atomic E-state index is 0.146. The highest BCUT2D eigenvalue weighted by Crippen LogP contribution is 2.34. The first-order valence-corrected chi connectivity index (χ1v) is 12.1. The van der Waals surface area contributed by atoms with Gasteiger partial charge < -0.3 is 19.5 Å². The van der Waals surface area contributed by atoms with E-state index < -0.39 is 23.7 Å². The molecule has 1 N–H and O–H groups in total. The van der Waals surface area contributed by atoms with Gasteiger partial charge in [0.1, 0.15) is 6.54 Å². The molecule has 0 atom stereocenters. The molecule has 0 spiro atoms. The first-order valence-electron chi connectivity index (χ1n) is 11.2. The monoisotopic (exact) mass is 512 g/mol. The molecule has 0 aliphatic carbocycles. The quantitative estimate of drug-likeness (QED) is 0.371. The van der Waals surface area contributed by atoms with Crippen molar-refractivity contribution in [2.24, 2.45) is 5.92 Å². The van der Waals surface area contributed by atoms with E-state index in [1.54, 1.807) is 24.3 Å². The summed E-state index contributed by atoms with van der Waals surface area (Å²) >= 11 is 0.742. The standard InChI is InChI=1S/C26H28N2O7S/c1-16(2)14-35-24(30)13-28-25(31)22(36-26(28)32)12-18-8-9-20(21(11-18)33-4)34-15-23(29)27-19-7-5-6-17(3)10-19/h5-12,16H,13-15H2,1-4H3,(H,27,29)/b22-12+. The van der Waals surface area contributed by atoms with E-state index in [4.69, 9.17) is 14.2 Å². The van der Waals surface area contributed by atoms with Crippen LogP contribution < -0.4 is 14.8 Å². The molecule has 1 aliphatic heterocycles. The van der Waals surface area contributed by atoms with Gasteiger partial charge in [-0.1, -0.05) is 32.0 Å². The Morgan fingerprint density at radius 2 is 1.89 bits per heavy atom. The fourth-order valence-electron chi connectivity index (χ4n) is 3.18. The number of imide groups is 1. The molecule has 2 aromatic rings.